The minimum absolute atomic E-state index is 0.627. The van der Waals surface area contributed by atoms with Crippen LogP contribution in [0, 0.1) is 0 Å². The Morgan fingerprint density at radius 1 is 1.40 bits per heavy atom. The maximum atomic E-state index is 4.46. The smallest absolute Gasteiger partial charge is 0.0798 e. The molecular formula is C11H18BrN3. The van der Waals surface area contributed by atoms with Crippen LogP contribution in [-0.2, 0) is 6.42 Å². The first-order valence-corrected chi connectivity index (χ1v) is 6.55. The van der Waals surface area contributed by atoms with Crippen LogP contribution in [0.15, 0.2) is 4.47 Å². The molecule has 84 valence electrons. The Morgan fingerprint density at radius 3 is 2.80 bits per heavy atom. The molecule has 1 aliphatic rings. The van der Waals surface area contributed by atoms with Crippen molar-refractivity contribution in [3.8, 4) is 0 Å². The molecule has 0 saturated carbocycles. The number of H-pyrrole nitrogens is 1. The van der Waals surface area contributed by atoms with Crippen LogP contribution in [0.5, 0.6) is 0 Å². The number of halogens is 1. The Bertz CT molecular complexity index is 316. The Kier molecular flexibility index (Phi) is 3.81. The van der Waals surface area contributed by atoms with E-state index < -0.39 is 0 Å². The fourth-order valence-corrected chi connectivity index (χ4v) is 2.86. The highest BCUT2D eigenvalue weighted by molar-refractivity contribution is 9.10. The lowest BCUT2D eigenvalue weighted by molar-refractivity contribution is 0.452. The molecule has 1 fully saturated rings. The van der Waals surface area contributed by atoms with E-state index in [2.05, 4.69) is 38.4 Å². The summed E-state index contributed by atoms with van der Waals surface area (Å²) < 4.78 is 1.22. The van der Waals surface area contributed by atoms with E-state index in [1.54, 1.807) is 0 Å². The molecule has 2 rings (SSSR count). The number of hydrogen-bond acceptors (Lipinski definition) is 2. The molecule has 15 heavy (non-hydrogen) atoms. The minimum Gasteiger partial charge on any atom is -0.317 e. The van der Waals surface area contributed by atoms with Gasteiger partial charge in [-0.2, -0.15) is 5.10 Å². The summed E-state index contributed by atoms with van der Waals surface area (Å²) in [5.74, 6) is 0.627. The summed E-state index contributed by atoms with van der Waals surface area (Å²) in [5.41, 5.74) is 2.49. The van der Waals surface area contributed by atoms with Crippen molar-refractivity contribution in [2.75, 3.05) is 13.1 Å². The Balaban J connectivity index is 2.13. The van der Waals surface area contributed by atoms with Gasteiger partial charge in [0.25, 0.3) is 0 Å². The molecule has 2 heterocycles. The van der Waals surface area contributed by atoms with E-state index in [4.69, 9.17) is 0 Å². The second kappa shape index (κ2) is 5.12. The molecule has 1 aromatic heterocycles. The fraction of sp³-hybridized carbons (Fsp3) is 0.727. The van der Waals surface area contributed by atoms with E-state index in [0.717, 1.165) is 25.9 Å². The topological polar surface area (TPSA) is 40.7 Å². The van der Waals surface area contributed by atoms with Crippen molar-refractivity contribution >= 4 is 15.9 Å². The zero-order valence-corrected chi connectivity index (χ0v) is 10.7. The summed E-state index contributed by atoms with van der Waals surface area (Å²) in [4.78, 5) is 0. The van der Waals surface area contributed by atoms with Crippen LogP contribution in [0.4, 0.5) is 0 Å². The predicted molar refractivity (Wildman–Crippen MR) is 65.1 cm³/mol. The zero-order valence-electron chi connectivity index (χ0n) is 9.15. The maximum absolute atomic E-state index is 4.46. The van der Waals surface area contributed by atoms with Crippen LogP contribution in [0.3, 0.4) is 0 Å². The number of piperidine rings is 1. The summed E-state index contributed by atoms with van der Waals surface area (Å²) in [6, 6.07) is 0. The number of aryl methyl sites for hydroxylation is 1. The van der Waals surface area contributed by atoms with Gasteiger partial charge in [-0.25, -0.2) is 0 Å². The van der Waals surface area contributed by atoms with Gasteiger partial charge in [0.1, 0.15) is 0 Å². The lowest BCUT2D eigenvalue weighted by Crippen LogP contribution is -2.26. The molecule has 0 aromatic carbocycles. The number of nitrogens with one attached hydrogen (secondary N) is 2. The largest absolute Gasteiger partial charge is 0.317 e. The number of hydrogen-bond donors (Lipinski definition) is 2. The SMILES string of the molecule is CCCc1[nH]nc(C2CCNCC2)c1Br. The second-order valence-electron chi connectivity index (χ2n) is 4.18. The Labute approximate surface area is 99.2 Å². The summed E-state index contributed by atoms with van der Waals surface area (Å²) in [6.07, 6.45) is 4.65. The summed E-state index contributed by atoms with van der Waals surface area (Å²) in [6.45, 7) is 4.43. The molecule has 0 atom stereocenters. The van der Waals surface area contributed by atoms with Gasteiger partial charge >= 0.3 is 0 Å². The molecule has 0 unspecified atom stereocenters. The van der Waals surface area contributed by atoms with Crippen molar-refractivity contribution in [1.29, 1.82) is 0 Å². The fourth-order valence-electron chi connectivity index (χ4n) is 2.16. The molecule has 2 N–H and O–H groups in total. The van der Waals surface area contributed by atoms with E-state index in [1.165, 1.54) is 28.7 Å². The number of rotatable bonds is 3. The predicted octanol–water partition coefficient (Wildman–Crippen LogP) is 2.59. The number of aromatic nitrogens is 2. The maximum Gasteiger partial charge on any atom is 0.0798 e. The first-order chi connectivity index (χ1) is 7.33. The normalized spacial score (nSPS) is 18.3. The van der Waals surface area contributed by atoms with Crippen molar-refractivity contribution in [3.63, 3.8) is 0 Å². The minimum atomic E-state index is 0.627. The van der Waals surface area contributed by atoms with Crippen molar-refractivity contribution in [3.05, 3.63) is 15.9 Å². The van der Waals surface area contributed by atoms with E-state index in [0.29, 0.717) is 5.92 Å². The zero-order chi connectivity index (χ0) is 10.7. The van der Waals surface area contributed by atoms with E-state index in [-0.39, 0.29) is 0 Å². The quantitative estimate of drug-likeness (QED) is 0.888. The van der Waals surface area contributed by atoms with Gasteiger partial charge in [0.15, 0.2) is 0 Å². The highest BCUT2D eigenvalue weighted by Crippen LogP contribution is 2.31. The van der Waals surface area contributed by atoms with Gasteiger partial charge in [-0.15, -0.1) is 0 Å². The highest BCUT2D eigenvalue weighted by Gasteiger charge is 2.21. The third kappa shape index (κ3) is 2.42. The second-order valence-corrected chi connectivity index (χ2v) is 4.97. The van der Waals surface area contributed by atoms with Gasteiger partial charge in [0.2, 0.25) is 0 Å². The third-order valence-electron chi connectivity index (χ3n) is 3.03. The van der Waals surface area contributed by atoms with Gasteiger partial charge < -0.3 is 5.32 Å². The molecule has 1 saturated heterocycles. The third-order valence-corrected chi connectivity index (χ3v) is 3.91. The molecule has 1 aromatic rings. The van der Waals surface area contributed by atoms with Crippen LogP contribution in [0.1, 0.15) is 43.5 Å². The summed E-state index contributed by atoms with van der Waals surface area (Å²) in [7, 11) is 0. The van der Waals surface area contributed by atoms with E-state index in [9.17, 15) is 0 Å². The van der Waals surface area contributed by atoms with Crippen LogP contribution >= 0.6 is 15.9 Å². The van der Waals surface area contributed by atoms with Gasteiger partial charge in [0, 0.05) is 11.6 Å². The van der Waals surface area contributed by atoms with Crippen LogP contribution in [0.25, 0.3) is 0 Å². The lowest BCUT2D eigenvalue weighted by atomic mass is 9.94. The average molecular weight is 272 g/mol. The Hall–Kier alpha value is -0.350. The van der Waals surface area contributed by atoms with E-state index >= 15 is 0 Å². The molecule has 0 amide bonds. The molecule has 3 nitrogen and oxygen atoms in total. The van der Waals surface area contributed by atoms with Crippen LogP contribution in [-0.4, -0.2) is 23.3 Å². The van der Waals surface area contributed by atoms with Crippen molar-refractivity contribution in [2.24, 2.45) is 0 Å². The first kappa shape index (κ1) is 11.1. The van der Waals surface area contributed by atoms with Gasteiger partial charge in [0.05, 0.1) is 10.2 Å². The van der Waals surface area contributed by atoms with Crippen LogP contribution < -0.4 is 5.32 Å². The van der Waals surface area contributed by atoms with Gasteiger partial charge in [-0.3, -0.25) is 5.10 Å². The molecule has 0 aliphatic carbocycles. The molecular weight excluding hydrogens is 254 g/mol. The lowest BCUT2D eigenvalue weighted by Gasteiger charge is -2.21. The van der Waals surface area contributed by atoms with Gasteiger partial charge in [-0.05, 0) is 48.3 Å². The monoisotopic (exact) mass is 271 g/mol. The Morgan fingerprint density at radius 2 is 2.13 bits per heavy atom. The van der Waals surface area contributed by atoms with Crippen molar-refractivity contribution in [1.82, 2.24) is 15.5 Å². The van der Waals surface area contributed by atoms with E-state index in [1.807, 2.05) is 0 Å². The average Bonchev–Trinajstić information content (AvgIpc) is 2.63. The first-order valence-electron chi connectivity index (χ1n) is 5.76. The summed E-state index contributed by atoms with van der Waals surface area (Å²) in [5, 5.41) is 11.0. The van der Waals surface area contributed by atoms with Crippen LogP contribution in [0.2, 0.25) is 0 Å². The van der Waals surface area contributed by atoms with Gasteiger partial charge in [-0.1, -0.05) is 13.3 Å². The molecule has 4 heteroatoms. The van der Waals surface area contributed by atoms with Crippen molar-refractivity contribution in [2.45, 2.75) is 38.5 Å². The number of aromatic amines is 1. The highest BCUT2D eigenvalue weighted by atomic mass is 79.9. The van der Waals surface area contributed by atoms with Crippen molar-refractivity contribution < 1.29 is 0 Å². The standard InChI is InChI=1S/C11H18BrN3/c1-2-3-9-10(12)11(15-14-9)8-4-6-13-7-5-8/h8,13H,2-7H2,1H3,(H,14,15). The molecule has 0 spiro atoms. The molecule has 0 radical (unpaired) electrons. The number of nitrogens with zero attached hydrogens (tertiary/aromatic N) is 1. The molecule has 1 aliphatic heterocycles. The molecule has 0 bridgehead atoms. The summed E-state index contributed by atoms with van der Waals surface area (Å²) >= 11 is 3.67.